The number of hydrogen-bond donors (Lipinski definition) is 1. The van der Waals surface area contributed by atoms with Crippen LogP contribution < -0.4 is 5.32 Å². The number of nitrogens with one attached hydrogen (secondary N) is 1. The predicted octanol–water partition coefficient (Wildman–Crippen LogP) is 2.29. The van der Waals surface area contributed by atoms with Crippen LogP contribution in [0.4, 0.5) is 4.39 Å². The van der Waals surface area contributed by atoms with Crippen molar-refractivity contribution >= 4 is 0 Å². The van der Waals surface area contributed by atoms with Crippen molar-refractivity contribution in [1.29, 1.82) is 0 Å². The molecule has 3 rings (SSSR count). The zero-order valence-corrected chi connectivity index (χ0v) is 11.3. The summed E-state index contributed by atoms with van der Waals surface area (Å²) in [6, 6.07) is 10.6. The van der Waals surface area contributed by atoms with Crippen LogP contribution in [0.5, 0.6) is 0 Å². The van der Waals surface area contributed by atoms with Crippen molar-refractivity contribution in [2.24, 2.45) is 0 Å². The SMILES string of the molecule is Fc1ccc(-c2ncccc2CN2CCNCC2)cc1. The number of pyridine rings is 1. The van der Waals surface area contributed by atoms with Crippen molar-refractivity contribution in [3.63, 3.8) is 0 Å². The van der Waals surface area contributed by atoms with Gasteiger partial charge < -0.3 is 5.32 Å². The first-order valence-corrected chi connectivity index (χ1v) is 6.96. The molecule has 1 saturated heterocycles. The van der Waals surface area contributed by atoms with Gasteiger partial charge in [-0.15, -0.1) is 0 Å². The Labute approximate surface area is 118 Å². The Bertz CT molecular complexity index is 562. The van der Waals surface area contributed by atoms with Crippen molar-refractivity contribution in [1.82, 2.24) is 15.2 Å². The molecule has 1 N–H and O–H groups in total. The third kappa shape index (κ3) is 3.03. The van der Waals surface area contributed by atoms with Crippen LogP contribution in [-0.2, 0) is 6.54 Å². The van der Waals surface area contributed by atoms with E-state index < -0.39 is 0 Å². The van der Waals surface area contributed by atoms with E-state index in [0.29, 0.717) is 0 Å². The molecule has 20 heavy (non-hydrogen) atoms. The Morgan fingerprint density at radius 3 is 2.60 bits per heavy atom. The summed E-state index contributed by atoms with van der Waals surface area (Å²) in [6.45, 7) is 5.07. The molecule has 0 radical (unpaired) electrons. The second kappa shape index (κ2) is 6.11. The van der Waals surface area contributed by atoms with Gasteiger partial charge in [0.25, 0.3) is 0 Å². The van der Waals surface area contributed by atoms with Crippen molar-refractivity contribution in [3.8, 4) is 11.3 Å². The van der Waals surface area contributed by atoms with E-state index in [-0.39, 0.29) is 5.82 Å². The fourth-order valence-electron chi connectivity index (χ4n) is 2.54. The summed E-state index contributed by atoms with van der Waals surface area (Å²) in [5, 5.41) is 3.35. The number of hydrogen-bond acceptors (Lipinski definition) is 3. The maximum atomic E-state index is 13.0. The number of halogens is 1. The van der Waals surface area contributed by atoms with Gasteiger partial charge in [-0.05, 0) is 35.9 Å². The van der Waals surface area contributed by atoms with Gasteiger partial charge in [-0.25, -0.2) is 4.39 Å². The van der Waals surface area contributed by atoms with Gasteiger partial charge in [0.05, 0.1) is 5.69 Å². The van der Waals surface area contributed by atoms with E-state index >= 15 is 0 Å². The lowest BCUT2D eigenvalue weighted by molar-refractivity contribution is 0.233. The molecule has 4 heteroatoms. The van der Waals surface area contributed by atoms with Gasteiger partial charge in [0.1, 0.15) is 5.82 Å². The fourth-order valence-corrected chi connectivity index (χ4v) is 2.54. The molecular formula is C16H18FN3. The van der Waals surface area contributed by atoms with E-state index in [1.807, 2.05) is 6.07 Å². The van der Waals surface area contributed by atoms with E-state index in [0.717, 1.165) is 44.0 Å². The lowest BCUT2D eigenvalue weighted by atomic mass is 10.1. The number of rotatable bonds is 3. The van der Waals surface area contributed by atoms with Gasteiger partial charge >= 0.3 is 0 Å². The van der Waals surface area contributed by atoms with Crippen molar-refractivity contribution < 1.29 is 4.39 Å². The number of benzene rings is 1. The van der Waals surface area contributed by atoms with Gasteiger partial charge in [0, 0.05) is 44.5 Å². The second-order valence-corrected chi connectivity index (χ2v) is 5.04. The first-order chi connectivity index (χ1) is 9.83. The molecule has 0 aliphatic carbocycles. The van der Waals surface area contributed by atoms with Crippen molar-refractivity contribution in [3.05, 3.63) is 54.0 Å². The highest BCUT2D eigenvalue weighted by Gasteiger charge is 2.13. The van der Waals surface area contributed by atoms with Gasteiger partial charge in [-0.1, -0.05) is 6.07 Å². The molecule has 0 amide bonds. The molecule has 1 aromatic heterocycles. The zero-order valence-electron chi connectivity index (χ0n) is 11.3. The van der Waals surface area contributed by atoms with E-state index in [1.165, 1.54) is 17.7 Å². The maximum Gasteiger partial charge on any atom is 0.123 e. The third-order valence-electron chi connectivity index (χ3n) is 3.61. The summed E-state index contributed by atoms with van der Waals surface area (Å²) in [5.41, 5.74) is 3.11. The lowest BCUT2D eigenvalue weighted by Crippen LogP contribution is -2.42. The molecule has 3 nitrogen and oxygen atoms in total. The minimum Gasteiger partial charge on any atom is -0.314 e. The average molecular weight is 271 g/mol. The van der Waals surface area contributed by atoms with Crippen LogP contribution >= 0.6 is 0 Å². The first kappa shape index (κ1) is 13.2. The third-order valence-corrected chi connectivity index (χ3v) is 3.61. The molecule has 104 valence electrons. The van der Waals surface area contributed by atoms with Crippen LogP contribution in [0.1, 0.15) is 5.56 Å². The lowest BCUT2D eigenvalue weighted by Gasteiger charge is -2.27. The average Bonchev–Trinajstić information content (AvgIpc) is 2.50. The normalized spacial score (nSPS) is 16.2. The summed E-state index contributed by atoms with van der Waals surface area (Å²) in [5.74, 6) is -0.215. The minimum absolute atomic E-state index is 0.215. The van der Waals surface area contributed by atoms with E-state index in [4.69, 9.17) is 0 Å². The van der Waals surface area contributed by atoms with E-state index in [1.54, 1.807) is 18.3 Å². The summed E-state index contributed by atoms with van der Waals surface area (Å²) in [7, 11) is 0. The maximum absolute atomic E-state index is 13.0. The Kier molecular flexibility index (Phi) is 4.04. The Morgan fingerprint density at radius 1 is 1.10 bits per heavy atom. The minimum atomic E-state index is -0.215. The molecule has 2 heterocycles. The smallest absolute Gasteiger partial charge is 0.123 e. The Balaban J connectivity index is 1.85. The molecule has 1 aliphatic heterocycles. The monoisotopic (exact) mass is 271 g/mol. The van der Waals surface area contributed by atoms with Crippen LogP contribution in [0.3, 0.4) is 0 Å². The molecule has 0 atom stereocenters. The number of aromatic nitrogens is 1. The quantitative estimate of drug-likeness (QED) is 0.928. The Morgan fingerprint density at radius 2 is 1.85 bits per heavy atom. The van der Waals surface area contributed by atoms with Crippen molar-refractivity contribution in [2.75, 3.05) is 26.2 Å². The van der Waals surface area contributed by atoms with Crippen LogP contribution in [0, 0.1) is 5.82 Å². The highest BCUT2D eigenvalue weighted by molar-refractivity contribution is 5.62. The predicted molar refractivity (Wildman–Crippen MR) is 77.8 cm³/mol. The molecule has 2 aromatic rings. The summed E-state index contributed by atoms with van der Waals surface area (Å²) < 4.78 is 13.0. The van der Waals surface area contributed by atoms with Crippen LogP contribution in [0.25, 0.3) is 11.3 Å². The van der Waals surface area contributed by atoms with Gasteiger partial charge in [-0.3, -0.25) is 9.88 Å². The molecule has 0 saturated carbocycles. The molecule has 1 fully saturated rings. The highest BCUT2D eigenvalue weighted by Crippen LogP contribution is 2.22. The largest absolute Gasteiger partial charge is 0.314 e. The fraction of sp³-hybridized carbons (Fsp3) is 0.312. The molecule has 0 spiro atoms. The van der Waals surface area contributed by atoms with Crippen molar-refractivity contribution in [2.45, 2.75) is 6.54 Å². The van der Waals surface area contributed by atoms with Gasteiger partial charge in [-0.2, -0.15) is 0 Å². The van der Waals surface area contributed by atoms with E-state index in [2.05, 4.69) is 21.3 Å². The topological polar surface area (TPSA) is 28.2 Å². The number of piperazine rings is 1. The van der Waals surface area contributed by atoms with Gasteiger partial charge in [0.2, 0.25) is 0 Å². The summed E-state index contributed by atoms with van der Waals surface area (Å²) in [6.07, 6.45) is 1.79. The van der Waals surface area contributed by atoms with E-state index in [9.17, 15) is 4.39 Å². The van der Waals surface area contributed by atoms with Crippen LogP contribution in [0.15, 0.2) is 42.6 Å². The molecule has 1 aliphatic rings. The molecule has 0 bridgehead atoms. The number of nitrogens with zero attached hydrogens (tertiary/aromatic N) is 2. The zero-order chi connectivity index (χ0) is 13.8. The van der Waals surface area contributed by atoms with Crippen LogP contribution in [0.2, 0.25) is 0 Å². The second-order valence-electron chi connectivity index (χ2n) is 5.04. The van der Waals surface area contributed by atoms with Crippen LogP contribution in [-0.4, -0.2) is 36.1 Å². The van der Waals surface area contributed by atoms with Gasteiger partial charge in [0.15, 0.2) is 0 Å². The molecule has 1 aromatic carbocycles. The first-order valence-electron chi connectivity index (χ1n) is 6.96. The summed E-state index contributed by atoms with van der Waals surface area (Å²) >= 11 is 0. The Hall–Kier alpha value is -1.78. The standard InChI is InChI=1S/C16H18FN3/c17-15-5-3-13(4-6-15)16-14(2-1-7-19-16)12-20-10-8-18-9-11-20/h1-7,18H,8-12H2. The summed E-state index contributed by atoms with van der Waals surface area (Å²) in [4.78, 5) is 6.90. The highest BCUT2D eigenvalue weighted by atomic mass is 19.1. The molecular weight excluding hydrogens is 253 g/mol. The molecule has 0 unspecified atom stereocenters.